The molecule has 1 aliphatic heterocycles. The number of hydrogen-bond acceptors (Lipinski definition) is 2. The van der Waals surface area contributed by atoms with E-state index in [0.717, 1.165) is 12.8 Å². The van der Waals surface area contributed by atoms with Crippen LogP contribution in [0.1, 0.15) is 26.7 Å². The molecule has 0 aliphatic carbocycles. The van der Waals surface area contributed by atoms with Gasteiger partial charge in [0, 0.05) is 6.54 Å². The third-order valence-electron chi connectivity index (χ3n) is 2.80. The number of aliphatic hydroxyl groups is 1. The van der Waals surface area contributed by atoms with E-state index in [0.29, 0.717) is 12.5 Å². The molecule has 0 aromatic carbocycles. The van der Waals surface area contributed by atoms with E-state index < -0.39 is 5.60 Å². The van der Waals surface area contributed by atoms with E-state index in [9.17, 15) is 5.11 Å². The van der Waals surface area contributed by atoms with Gasteiger partial charge in [0.15, 0.2) is 0 Å². The normalized spacial score (nSPS) is 36.4. The Bertz CT molecular complexity index is 185. The van der Waals surface area contributed by atoms with Gasteiger partial charge in [-0.05, 0) is 18.8 Å². The first-order valence-corrected chi connectivity index (χ1v) is 4.50. The van der Waals surface area contributed by atoms with Crippen LogP contribution in [0.3, 0.4) is 0 Å². The van der Waals surface area contributed by atoms with Crippen LogP contribution in [-0.2, 0) is 0 Å². The zero-order valence-electron chi connectivity index (χ0n) is 7.80. The molecule has 0 aromatic rings. The molecular weight excluding hydrogens is 150 g/mol. The fraction of sp³-hybridized carbons (Fsp3) is 0.800. The van der Waals surface area contributed by atoms with Gasteiger partial charge in [-0.15, -0.1) is 6.42 Å². The molecule has 0 spiro atoms. The van der Waals surface area contributed by atoms with E-state index in [1.165, 1.54) is 0 Å². The van der Waals surface area contributed by atoms with Crippen LogP contribution in [0.15, 0.2) is 0 Å². The molecule has 0 aromatic heterocycles. The van der Waals surface area contributed by atoms with Crippen LogP contribution >= 0.6 is 0 Å². The molecule has 2 nitrogen and oxygen atoms in total. The molecule has 1 rings (SSSR count). The quantitative estimate of drug-likeness (QED) is 0.565. The lowest BCUT2D eigenvalue weighted by Gasteiger charge is -2.38. The predicted molar refractivity (Wildman–Crippen MR) is 49.6 cm³/mol. The van der Waals surface area contributed by atoms with Gasteiger partial charge in [-0.1, -0.05) is 19.8 Å². The van der Waals surface area contributed by atoms with Crippen LogP contribution in [0.2, 0.25) is 0 Å². The summed E-state index contributed by atoms with van der Waals surface area (Å²) in [7, 11) is 0. The van der Waals surface area contributed by atoms with Crippen molar-refractivity contribution in [3.8, 4) is 12.3 Å². The fourth-order valence-corrected chi connectivity index (χ4v) is 1.52. The summed E-state index contributed by atoms with van der Waals surface area (Å²) in [6, 6.07) is 0.157. The Morgan fingerprint density at radius 1 is 1.67 bits per heavy atom. The van der Waals surface area contributed by atoms with E-state index in [1.54, 1.807) is 0 Å². The summed E-state index contributed by atoms with van der Waals surface area (Å²) in [5.74, 6) is 2.95. The van der Waals surface area contributed by atoms with Gasteiger partial charge in [0.2, 0.25) is 0 Å². The molecule has 1 aliphatic rings. The van der Waals surface area contributed by atoms with Crippen molar-refractivity contribution in [3.05, 3.63) is 0 Å². The lowest BCUT2D eigenvalue weighted by Crippen LogP contribution is -2.52. The average molecular weight is 167 g/mol. The molecule has 1 heterocycles. The lowest BCUT2D eigenvalue weighted by molar-refractivity contribution is -0.0293. The second kappa shape index (κ2) is 3.47. The molecule has 1 fully saturated rings. The highest BCUT2D eigenvalue weighted by molar-refractivity contribution is 5.04. The third-order valence-corrected chi connectivity index (χ3v) is 2.80. The lowest BCUT2D eigenvalue weighted by atomic mass is 9.82. The first-order valence-electron chi connectivity index (χ1n) is 4.50. The van der Waals surface area contributed by atoms with Crippen LogP contribution in [-0.4, -0.2) is 23.3 Å². The minimum atomic E-state index is -0.548. The van der Waals surface area contributed by atoms with Gasteiger partial charge in [0.1, 0.15) is 0 Å². The molecule has 1 saturated heterocycles. The van der Waals surface area contributed by atoms with E-state index in [4.69, 9.17) is 6.42 Å². The second-order valence-electron chi connectivity index (χ2n) is 3.90. The summed E-state index contributed by atoms with van der Waals surface area (Å²) in [6.45, 7) is 4.70. The van der Waals surface area contributed by atoms with Crippen LogP contribution in [0.25, 0.3) is 0 Å². The molecule has 0 radical (unpaired) electrons. The number of hydrogen-bond donors (Lipinski definition) is 2. The van der Waals surface area contributed by atoms with Gasteiger partial charge in [-0.2, -0.15) is 0 Å². The minimum absolute atomic E-state index is 0.157. The highest BCUT2D eigenvalue weighted by Crippen LogP contribution is 2.26. The third kappa shape index (κ3) is 1.80. The van der Waals surface area contributed by atoms with Crippen LogP contribution in [0.5, 0.6) is 0 Å². The second-order valence-corrected chi connectivity index (χ2v) is 3.90. The average Bonchev–Trinajstić information content (AvgIpc) is 2.06. The first kappa shape index (κ1) is 9.57. The van der Waals surface area contributed by atoms with Gasteiger partial charge in [0.05, 0.1) is 11.6 Å². The summed E-state index contributed by atoms with van der Waals surface area (Å²) in [5, 5.41) is 13.2. The fourth-order valence-electron chi connectivity index (χ4n) is 1.52. The molecule has 0 amide bonds. The Hall–Kier alpha value is -0.520. The highest BCUT2D eigenvalue weighted by Gasteiger charge is 2.34. The first-order chi connectivity index (χ1) is 5.58. The highest BCUT2D eigenvalue weighted by atomic mass is 16.3. The van der Waals surface area contributed by atoms with Crippen molar-refractivity contribution in [2.24, 2.45) is 5.92 Å². The maximum absolute atomic E-state index is 10.0. The summed E-state index contributed by atoms with van der Waals surface area (Å²) >= 11 is 0. The van der Waals surface area contributed by atoms with Crippen LogP contribution < -0.4 is 5.32 Å². The zero-order chi connectivity index (χ0) is 9.19. The molecule has 0 bridgehead atoms. The van der Waals surface area contributed by atoms with Gasteiger partial charge >= 0.3 is 0 Å². The molecule has 68 valence electrons. The summed E-state index contributed by atoms with van der Waals surface area (Å²) in [6.07, 6.45) is 6.97. The van der Waals surface area contributed by atoms with Crippen molar-refractivity contribution < 1.29 is 5.11 Å². The molecule has 2 atom stereocenters. The van der Waals surface area contributed by atoms with Gasteiger partial charge in [0.25, 0.3) is 0 Å². The summed E-state index contributed by atoms with van der Waals surface area (Å²) < 4.78 is 0. The van der Waals surface area contributed by atoms with Crippen molar-refractivity contribution in [3.63, 3.8) is 0 Å². The standard InChI is InChI=1S/C10H17NO/c1-4-9-5-6-10(12,7-11-9)8(2)3/h1,8-9,11-12H,5-7H2,2-3H3. The van der Waals surface area contributed by atoms with Crippen molar-refractivity contribution in [1.29, 1.82) is 0 Å². The van der Waals surface area contributed by atoms with E-state index >= 15 is 0 Å². The Morgan fingerprint density at radius 2 is 2.33 bits per heavy atom. The van der Waals surface area contributed by atoms with E-state index in [1.807, 2.05) is 13.8 Å². The van der Waals surface area contributed by atoms with E-state index in [-0.39, 0.29) is 6.04 Å². The molecule has 2 unspecified atom stereocenters. The number of nitrogens with one attached hydrogen (secondary N) is 1. The topological polar surface area (TPSA) is 32.3 Å². The molecule has 2 heteroatoms. The zero-order valence-corrected chi connectivity index (χ0v) is 7.80. The molecular formula is C10H17NO. The number of rotatable bonds is 1. The van der Waals surface area contributed by atoms with Crippen LogP contribution in [0.4, 0.5) is 0 Å². The summed E-state index contributed by atoms with van der Waals surface area (Å²) in [4.78, 5) is 0. The largest absolute Gasteiger partial charge is 0.388 e. The Labute approximate surface area is 74.4 Å². The Balaban J connectivity index is 2.51. The summed E-state index contributed by atoms with van der Waals surface area (Å²) in [5.41, 5.74) is -0.548. The van der Waals surface area contributed by atoms with Crippen molar-refractivity contribution in [1.82, 2.24) is 5.32 Å². The van der Waals surface area contributed by atoms with Crippen molar-refractivity contribution >= 4 is 0 Å². The van der Waals surface area contributed by atoms with Crippen molar-refractivity contribution in [2.75, 3.05) is 6.54 Å². The number of terminal acetylenes is 1. The Morgan fingerprint density at radius 3 is 2.67 bits per heavy atom. The monoisotopic (exact) mass is 167 g/mol. The van der Waals surface area contributed by atoms with Crippen LogP contribution in [0, 0.1) is 18.3 Å². The van der Waals surface area contributed by atoms with Gasteiger partial charge in [-0.25, -0.2) is 0 Å². The van der Waals surface area contributed by atoms with E-state index in [2.05, 4.69) is 11.2 Å². The van der Waals surface area contributed by atoms with Gasteiger partial charge < -0.3 is 10.4 Å². The Kier molecular flexibility index (Phi) is 2.76. The number of β-amino-alcohol motifs (C(OH)–C–C–N with tert-alkyl or cyclic N) is 1. The smallest absolute Gasteiger partial charge is 0.0795 e. The maximum Gasteiger partial charge on any atom is 0.0795 e. The molecule has 12 heavy (non-hydrogen) atoms. The molecule has 2 N–H and O–H groups in total. The maximum atomic E-state index is 10.0. The number of piperidine rings is 1. The van der Waals surface area contributed by atoms with Crippen molar-refractivity contribution in [2.45, 2.75) is 38.3 Å². The predicted octanol–water partition coefficient (Wildman–Crippen LogP) is 0.759. The molecule has 0 saturated carbocycles. The SMILES string of the molecule is C#CC1CCC(O)(C(C)C)CN1. The van der Waals surface area contributed by atoms with Gasteiger partial charge in [-0.3, -0.25) is 0 Å². The minimum Gasteiger partial charge on any atom is -0.388 e.